The number of hydrogen-bond donors (Lipinski definition) is 2. The van der Waals surface area contributed by atoms with Gasteiger partial charge in [-0.2, -0.15) is 5.10 Å². The molecule has 0 spiro atoms. The van der Waals surface area contributed by atoms with Crippen LogP contribution < -0.4 is 10.6 Å². The Morgan fingerprint density at radius 3 is 2.88 bits per heavy atom. The van der Waals surface area contributed by atoms with Gasteiger partial charge in [0, 0.05) is 19.7 Å². The topological polar surface area (TPSA) is 85.2 Å². The highest BCUT2D eigenvalue weighted by Gasteiger charge is 2.06. The van der Waals surface area contributed by atoms with E-state index in [4.69, 9.17) is 4.74 Å². The standard InChI is InChI=1S/C10H16N4O3/c1-3-17-9(15)5-6-11-10(16)13-8-4-7-12-14(8)2/h4,7H,3,5-6H2,1-2H3,(H2,11,13,16). The highest BCUT2D eigenvalue weighted by molar-refractivity contribution is 5.88. The number of carbonyl (C=O) groups excluding carboxylic acids is 2. The summed E-state index contributed by atoms with van der Waals surface area (Å²) in [7, 11) is 1.72. The smallest absolute Gasteiger partial charge is 0.320 e. The Morgan fingerprint density at radius 1 is 1.53 bits per heavy atom. The van der Waals surface area contributed by atoms with Crippen molar-refractivity contribution in [1.29, 1.82) is 0 Å². The van der Waals surface area contributed by atoms with E-state index in [1.807, 2.05) is 0 Å². The van der Waals surface area contributed by atoms with Crippen LogP contribution in [-0.2, 0) is 16.6 Å². The Hall–Kier alpha value is -2.05. The third-order valence-corrected chi connectivity index (χ3v) is 1.98. The molecule has 0 saturated heterocycles. The lowest BCUT2D eigenvalue weighted by molar-refractivity contribution is -0.142. The molecule has 0 aliphatic carbocycles. The molecule has 1 aromatic heterocycles. The molecule has 7 heteroatoms. The first-order chi connectivity index (χ1) is 8.13. The van der Waals surface area contributed by atoms with Crippen LogP contribution >= 0.6 is 0 Å². The number of amides is 2. The zero-order valence-corrected chi connectivity index (χ0v) is 9.90. The molecule has 2 amide bonds. The Morgan fingerprint density at radius 2 is 2.29 bits per heavy atom. The molecule has 0 aliphatic heterocycles. The van der Waals surface area contributed by atoms with Crippen LogP contribution in [0.3, 0.4) is 0 Å². The third kappa shape index (κ3) is 4.54. The molecule has 1 rings (SSSR count). The van der Waals surface area contributed by atoms with E-state index in [0.717, 1.165) is 0 Å². The fourth-order valence-electron chi connectivity index (χ4n) is 1.17. The van der Waals surface area contributed by atoms with Crippen molar-refractivity contribution in [3.63, 3.8) is 0 Å². The van der Waals surface area contributed by atoms with E-state index in [0.29, 0.717) is 12.4 Å². The zero-order chi connectivity index (χ0) is 12.7. The number of aryl methyl sites for hydroxylation is 1. The molecule has 94 valence electrons. The Kier molecular flexibility index (Phi) is 4.99. The van der Waals surface area contributed by atoms with Gasteiger partial charge in [-0.15, -0.1) is 0 Å². The summed E-state index contributed by atoms with van der Waals surface area (Å²) >= 11 is 0. The molecule has 0 aromatic carbocycles. The van der Waals surface area contributed by atoms with Crippen LogP contribution in [0, 0.1) is 0 Å². The van der Waals surface area contributed by atoms with Crippen molar-refractivity contribution in [2.45, 2.75) is 13.3 Å². The van der Waals surface area contributed by atoms with Crippen LogP contribution in [0.15, 0.2) is 12.3 Å². The highest BCUT2D eigenvalue weighted by atomic mass is 16.5. The normalized spacial score (nSPS) is 9.76. The molecule has 7 nitrogen and oxygen atoms in total. The average Bonchev–Trinajstić information content (AvgIpc) is 2.65. The van der Waals surface area contributed by atoms with Crippen LogP contribution in [0.4, 0.5) is 10.6 Å². The van der Waals surface area contributed by atoms with Crippen LogP contribution in [0.25, 0.3) is 0 Å². The number of esters is 1. The summed E-state index contributed by atoms with van der Waals surface area (Å²) in [4.78, 5) is 22.4. The molecule has 0 saturated carbocycles. The number of ether oxygens (including phenoxy) is 1. The number of urea groups is 1. The Labute approximate surface area is 99.1 Å². The van der Waals surface area contributed by atoms with Crippen LogP contribution in [-0.4, -0.2) is 34.9 Å². The van der Waals surface area contributed by atoms with Crippen molar-refractivity contribution in [2.75, 3.05) is 18.5 Å². The minimum absolute atomic E-state index is 0.159. The van der Waals surface area contributed by atoms with E-state index in [-0.39, 0.29) is 25.0 Å². The van der Waals surface area contributed by atoms with E-state index in [1.54, 1.807) is 26.2 Å². The SMILES string of the molecule is CCOC(=O)CCNC(=O)Nc1ccnn1C. The van der Waals surface area contributed by atoms with Gasteiger partial charge in [-0.25, -0.2) is 4.79 Å². The monoisotopic (exact) mass is 240 g/mol. The van der Waals surface area contributed by atoms with Crippen LogP contribution in [0.5, 0.6) is 0 Å². The summed E-state index contributed by atoms with van der Waals surface area (Å²) < 4.78 is 6.26. The van der Waals surface area contributed by atoms with Gasteiger partial charge < -0.3 is 10.1 Å². The molecule has 1 heterocycles. The van der Waals surface area contributed by atoms with E-state index < -0.39 is 0 Å². The Balaban J connectivity index is 2.22. The fraction of sp³-hybridized carbons (Fsp3) is 0.500. The van der Waals surface area contributed by atoms with Crippen LogP contribution in [0.1, 0.15) is 13.3 Å². The Bertz CT molecular complexity index is 389. The van der Waals surface area contributed by atoms with E-state index in [9.17, 15) is 9.59 Å². The number of rotatable bonds is 5. The summed E-state index contributed by atoms with van der Waals surface area (Å²) in [5.74, 6) is 0.256. The molecule has 17 heavy (non-hydrogen) atoms. The molecule has 0 atom stereocenters. The van der Waals surface area contributed by atoms with Gasteiger partial charge in [0.1, 0.15) is 5.82 Å². The first-order valence-electron chi connectivity index (χ1n) is 5.32. The number of nitrogens with zero attached hydrogens (tertiary/aromatic N) is 2. The van der Waals surface area contributed by atoms with E-state index in [1.165, 1.54) is 4.68 Å². The minimum atomic E-state index is -0.377. The summed E-state index contributed by atoms with van der Waals surface area (Å²) in [6.07, 6.45) is 1.74. The molecule has 1 aromatic rings. The van der Waals surface area contributed by atoms with Gasteiger partial charge in [-0.05, 0) is 6.92 Å². The third-order valence-electron chi connectivity index (χ3n) is 1.98. The molecule has 0 aliphatic rings. The second-order valence-corrected chi connectivity index (χ2v) is 3.28. The van der Waals surface area contributed by atoms with Gasteiger partial charge in [0.25, 0.3) is 0 Å². The van der Waals surface area contributed by atoms with E-state index >= 15 is 0 Å². The maximum absolute atomic E-state index is 11.4. The summed E-state index contributed by atoms with van der Waals surface area (Å²) in [6.45, 7) is 2.32. The molecular formula is C10H16N4O3. The number of hydrogen-bond acceptors (Lipinski definition) is 4. The van der Waals surface area contributed by atoms with Crippen molar-refractivity contribution >= 4 is 17.8 Å². The van der Waals surface area contributed by atoms with Gasteiger partial charge in [0.05, 0.1) is 19.2 Å². The summed E-state index contributed by atoms with van der Waals surface area (Å²) in [6, 6.07) is 1.29. The maximum Gasteiger partial charge on any atom is 0.320 e. The lowest BCUT2D eigenvalue weighted by atomic mass is 10.4. The van der Waals surface area contributed by atoms with Crippen molar-refractivity contribution in [3.05, 3.63) is 12.3 Å². The van der Waals surface area contributed by atoms with E-state index in [2.05, 4.69) is 15.7 Å². The minimum Gasteiger partial charge on any atom is -0.466 e. The second-order valence-electron chi connectivity index (χ2n) is 3.28. The van der Waals surface area contributed by atoms with Crippen molar-refractivity contribution in [1.82, 2.24) is 15.1 Å². The van der Waals surface area contributed by atoms with Gasteiger partial charge in [-0.1, -0.05) is 0 Å². The number of aromatic nitrogens is 2. The van der Waals surface area contributed by atoms with Crippen molar-refractivity contribution < 1.29 is 14.3 Å². The first kappa shape index (κ1) is 13.0. The largest absolute Gasteiger partial charge is 0.466 e. The summed E-state index contributed by atoms with van der Waals surface area (Å²) in [5.41, 5.74) is 0. The number of anilines is 1. The quantitative estimate of drug-likeness (QED) is 0.734. The molecular weight excluding hydrogens is 224 g/mol. The second kappa shape index (κ2) is 6.51. The van der Waals surface area contributed by atoms with Gasteiger partial charge in [0.15, 0.2) is 0 Å². The zero-order valence-electron chi connectivity index (χ0n) is 9.90. The first-order valence-corrected chi connectivity index (χ1v) is 5.32. The molecule has 0 fully saturated rings. The van der Waals surface area contributed by atoms with Crippen LogP contribution in [0.2, 0.25) is 0 Å². The average molecular weight is 240 g/mol. The highest BCUT2D eigenvalue weighted by Crippen LogP contribution is 2.02. The summed E-state index contributed by atoms with van der Waals surface area (Å²) in [5, 5.41) is 9.04. The number of nitrogens with one attached hydrogen (secondary N) is 2. The van der Waals surface area contributed by atoms with Gasteiger partial charge in [-0.3, -0.25) is 14.8 Å². The molecule has 0 radical (unpaired) electrons. The molecule has 0 bridgehead atoms. The predicted molar refractivity (Wildman–Crippen MR) is 61.5 cm³/mol. The van der Waals surface area contributed by atoms with Gasteiger partial charge in [0.2, 0.25) is 0 Å². The molecule has 2 N–H and O–H groups in total. The fourth-order valence-corrected chi connectivity index (χ4v) is 1.17. The lowest BCUT2D eigenvalue weighted by Crippen LogP contribution is -2.31. The number of carbonyl (C=O) groups is 2. The lowest BCUT2D eigenvalue weighted by Gasteiger charge is -2.07. The van der Waals surface area contributed by atoms with Crippen molar-refractivity contribution in [2.24, 2.45) is 7.05 Å². The molecule has 0 unspecified atom stereocenters. The van der Waals surface area contributed by atoms with Gasteiger partial charge >= 0.3 is 12.0 Å². The van der Waals surface area contributed by atoms with Crippen molar-refractivity contribution in [3.8, 4) is 0 Å². The predicted octanol–water partition coefficient (Wildman–Crippen LogP) is 0.495. The maximum atomic E-state index is 11.4.